The first kappa shape index (κ1) is 11.4. The highest BCUT2D eigenvalue weighted by atomic mass is 16.3. The van der Waals surface area contributed by atoms with Crippen LogP contribution in [0.4, 0.5) is 5.69 Å². The Morgan fingerprint density at radius 3 is 2.84 bits per heavy atom. The van der Waals surface area contributed by atoms with Gasteiger partial charge < -0.3 is 5.11 Å². The molecule has 0 spiro atoms. The van der Waals surface area contributed by atoms with E-state index < -0.39 is 0 Å². The highest BCUT2D eigenvalue weighted by molar-refractivity contribution is 5.85. The predicted molar refractivity (Wildman–Crippen MR) is 77.1 cm³/mol. The first-order valence-electron chi connectivity index (χ1n) is 5.99. The van der Waals surface area contributed by atoms with Crippen LogP contribution >= 0.6 is 0 Å². The third-order valence-corrected chi connectivity index (χ3v) is 2.82. The molecule has 0 atom stereocenters. The second-order valence-corrected chi connectivity index (χ2v) is 4.23. The Hall–Kier alpha value is -2.68. The molecule has 0 bridgehead atoms. The molecule has 0 fully saturated rings. The number of nitrogens with zero attached hydrogens (tertiary/aromatic N) is 2. The van der Waals surface area contributed by atoms with Crippen LogP contribution in [0.5, 0.6) is 5.75 Å². The van der Waals surface area contributed by atoms with Gasteiger partial charge in [-0.3, -0.25) is 9.98 Å². The van der Waals surface area contributed by atoms with Crippen LogP contribution in [0, 0.1) is 0 Å². The molecule has 0 radical (unpaired) electrons. The van der Waals surface area contributed by atoms with Gasteiger partial charge in [-0.2, -0.15) is 0 Å². The Bertz CT molecular complexity index is 750. The Morgan fingerprint density at radius 1 is 1.00 bits per heavy atom. The van der Waals surface area contributed by atoms with Crippen LogP contribution in [0.3, 0.4) is 0 Å². The Kier molecular flexibility index (Phi) is 2.94. The molecule has 1 heterocycles. The minimum atomic E-state index is 0.242. The maximum absolute atomic E-state index is 9.38. The summed E-state index contributed by atoms with van der Waals surface area (Å²) in [6.07, 6.45) is 3.51. The lowest BCUT2D eigenvalue weighted by Crippen LogP contribution is -1.80. The number of aromatic hydroxyl groups is 1. The summed E-state index contributed by atoms with van der Waals surface area (Å²) in [5.74, 6) is 0.242. The molecule has 0 unspecified atom stereocenters. The van der Waals surface area contributed by atoms with Crippen molar-refractivity contribution in [2.75, 3.05) is 0 Å². The minimum Gasteiger partial charge on any atom is -0.508 e. The first-order valence-corrected chi connectivity index (χ1v) is 5.99. The summed E-state index contributed by atoms with van der Waals surface area (Å²) in [5.41, 5.74) is 2.69. The predicted octanol–water partition coefficient (Wildman–Crippen LogP) is 3.69. The Balaban J connectivity index is 1.92. The van der Waals surface area contributed by atoms with Crippen molar-refractivity contribution in [2.45, 2.75) is 0 Å². The third kappa shape index (κ3) is 2.60. The topological polar surface area (TPSA) is 45.5 Å². The molecule has 3 nitrogen and oxygen atoms in total. The van der Waals surface area contributed by atoms with Gasteiger partial charge >= 0.3 is 0 Å². The molecule has 2 aromatic carbocycles. The van der Waals surface area contributed by atoms with Gasteiger partial charge in [0.25, 0.3) is 0 Å². The van der Waals surface area contributed by atoms with Crippen molar-refractivity contribution in [3.63, 3.8) is 0 Å². The molecule has 19 heavy (non-hydrogen) atoms. The number of hydrogen-bond acceptors (Lipinski definition) is 3. The average molecular weight is 248 g/mol. The van der Waals surface area contributed by atoms with E-state index in [1.165, 1.54) is 0 Å². The fourth-order valence-electron chi connectivity index (χ4n) is 1.90. The van der Waals surface area contributed by atoms with E-state index in [9.17, 15) is 5.11 Å². The second-order valence-electron chi connectivity index (χ2n) is 4.23. The number of aliphatic imine (C=N–C) groups is 1. The van der Waals surface area contributed by atoms with E-state index in [4.69, 9.17) is 0 Å². The summed E-state index contributed by atoms with van der Waals surface area (Å²) in [6.45, 7) is 0. The molecular weight excluding hydrogens is 236 g/mol. The molecule has 3 aromatic rings. The third-order valence-electron chi connectivity index (χ3n) is 2.82. The van der Waals surface area contributed by atoms with Crippen molar-refractivity contribution < 1.29 is 5.11 Å². The monoisotopic (exact) mass is 248 g/mol. The van der Waals surface area contributed by atoms with Crippen molar-refractivity contribution in [1.82, 2.24) is 4.98 Å². The molecule has 0 saturated heterocycles. The van der Waals surface area contributed by atoms with E-state index in [-0.39, 0.29) is 5.75 Å². The van der Waals surface area contributed by atoms with Gasteiger partial charge in [0.1, 0.15) is 5.75 Å². The summed E-state index contributed by atoms with van der Waals surface area (Å²) in [7, 11) is 0. The van der Waals surface area contributed by atoms with E-state index >= 15 is 0 Å². The van der Waals surface area contributed by atoms with Crippen molar-refractivity contribution in [1.29, 1.82) is 0 Å². The van der Waals surface area contributed by atoms with Crippen LogP contribution < -0.4 is 0 Å². The van der Waals surface area contributed by atoms with Gasteiger partial charge in [-0.1, -0.05) is 18.2 Å². The minimum absolute atomic E-state index is 0.242. The molecule has 92 valence electrons. The van der Waals surface area contributed by atoms with Crippen molar-refractivity contribution >= 4 is 22.8 Å². The lowest BCUT2D eigenvalue weighted by atomic mass is 10.2. The molecule has 0 amide bonds. The van der Waals surface area contributed by atoms with E-state index in [1.807, 2.05) is 36.4 Å². The van der Waals surface area contributed by atoms with Gasteiger partial charge in [-0.15, -0.1) is 0 Å². The largest absolute Gasteiger partial charge is 0.508 e. The summed E-state index contributed by atoms with van der Waals surface area (Å²) >= 11 is 0. The number of fused-ring (bicyclic) bond motifs is 1. The van der Waals surface area contributed by atoms with Gasteiger partial charge in [0.15, 0.2) is 0 Å². The zero-order valence-electron chi connectivity index (χ0n) is 10.2. The van der Waals surface area contributed by atoms with Crippen LogP contribution in [-0.4, -0.2) is 16.3 Å². The molecule has 1 N–H and O–H groups in total. The molecule has 0 aliphatic carbocycles. The van der Waals surface area contributed by atoms with Gasteiger partial charge in [-0.05, 0) is 42.0 Å². The highest BCUT2D eigenvalue weighted by Crippen LogP contribution is 2.19. The SMILES string of the molecule is Oc1cccc(C=Nc2ccc3ncccc3c2)c1. The summed E-state index contributed by atoms with van der Waals surface area (Å²) in [5, 5.41) is 10.4. The molecule has 0 aliphatic heterocycles. The van der Waals surface area contributed by atoms with Crippen molar-refractivity contribution in [3.8, 4) is 5.75 Å². The maximum atomic E-state index is 9.38. The summed E-state index contributed by atoms with van der Waals surface area (Å²) < 4.78 is 0. The van der Waals surface area contributed by atoms with E-state index in [0.29, 0.717) is 0 Å². The fraction of sp³-hybridized carbons (Fsp3) is 0. The normalized spacial score (nSPS) is 11.2. The van der Waals surface area contributed by atoms with Crippen molar-refractivity contribution in [2.24, 2.45) is 4.99 Å². The van der Waals surface area contributed by atoms with Crippen molar-refractivity contribution in [3.05, 3.63) is 66.4 Å². The van der Waals surface area contributed by atoms with Gasteiger partial charge in [0.2, 0.25) is 0 Å². The standard InChI is InChI=1S/C16H12N2O/c19-15-5-1-3-12(9-15)11-18-14-6-7-16-13(10-14)4-2-8-17-16/h1-11,19H. The highest BCUT2D eigenvalue weighted by Gasteiger charge is 1.95. The second kappa shape index (κ2) is 4.90. The zero-order valence-corrected chi connectivity index (χ0v) is 10.2. The number of rotatable bonds is 2. The molecule has 3 heteroatoms. The molecule has 1 aromatic heterocycles. The number of pyridine rings is 1. The molecular formula is C16H12N2O. The Morgan fingerprint density at radius 2 is 1.95 bits per heavy atom. The van der Waals surface area contributed by atoms with Gasteiger partial charge in [-0.25, -0.2) is 0 Å². The molecule has 3 rings (SSSR count). The first-order chi connectivity index (χ1) is 9.31. The number of phenols is 1. The lowest BCUT2D eigenvalue weighted by Gasteiger charge is -1.98. The van der Waals surface area contributed by atoms with E-state index in [1.54, 1.807) is 30.6 Å². The van der Waals surface area contributed by atoms with Gasteiger partial charge in [0, 0.05) is 17.8 Å². The molecule has 0 saturated carbocycles. The van der Waals surface area contributed by atoms with Crippen LogP contribution in [0.25, 0.3) is 10.9 Å². The number of hydrogen-bond donors (Lipinski definition) is 1. The van der Waals surface area contributed by atoms with Crippen LogP contribution in [0.1, 0.15) is 5.56 Å². The number of phenolic OH excluding ortho intramolecular Hbond substituents is 1. The Labute approximate surface area is 110 Å². The lowest BCUT2D eigenvalue weighted by molar-refractivity contribution is 0.475. The van der Waals surface area contributed by atoms with Crippen LogP contribution in [-0.2, 0) is 0 Å². The number of aromatic nitrogens is 1. The number of benzene rings is 2. The fourth-order valence-corrected chi connectivity index (χ4v) is 1.90. The maximum Gasteiger partial charge on any atom is 0.116 e. The summed E-state index contributed by atoms with van der Waals surface area (Å²) in [4.78, 5) is 8.67. The molecule has 0 aliphatic rings. The quantitative estimate of drug-likeness (QED) is 0.703. The smallest absolute Gasteiger partial charge is 0.116 e. The van der Waals surface area contributed by atoms with E-state index in [0.717, 1.165) is 22.2 Å². The van der Waals surface area contributed by atoms with Crippen LogP contribution in [0.2, 0.25) is 0 Å². The van der Waals surface area contributed by atoms with Crippen LogP contribution in [0.15, 0.2) is 65.8 Å². The zero-order chi connectivity index (χ0) is 13.1. The van der Waals surface area contributed by atoms with E-state index in [2.05, 4.69) is 9.98 Å². The average Bonchev–Trinajstić information content (AvgIpc) is 2.45. The van der Waals surface area contributed by atoms with Gasteiger partial charge in [0.05, 0.1) is 11.2 Å². The summed E-state index contributed by atoms with van der Waals surface area (Å²) in [6, 6.07) is 16.8.